The molecule has 2 nitrogen and oxygen atoms in total. The molecular formula is C16H21NO. The summed E-state index contributed by atoms with van der Waals surface area (Å²) in [4.78, 5) is 14.2. The summed E-state index contributed by atoms with van der Waals surface area (Å²) in [5.74, 6) is 0.580. The van der Waals surface area contributed by atoms with E-state index in [1.807, 2.05) is 29.2 Å². The lowest BCUT2D eigenvalue weighted by Crippen LogP contribution is -2.26. The van der Waals surface area contributed by atoms with E-state index >= 15 is 0 Å². The fourth-order valence-corrected chi connectivity index (χ4v) is 2.54. The molecule has 0 aliphatic carbocycles. The van der Waals surface area contributed by atoms with Crippen LogP contribution in [0.15, 0.2) is 43.0 Å². The van der Waals surface area contributed by atoms with Crippen molar-refractivity contribution in [2.24, 2.45) is 5.92 Å². The molecule has 0 N–H and O–H groups in total. The van der Waals surface area contributed by atoms with Gasteiger partial charge in [0.2, 0.25) is 5.91 Å². The summed E-state index contributed by atoms with van der Waals surface area (Å²) >= 11 is 0. The van der Waals surface area contributed by atoms with Gasteiger partial charge in [-0.25, -0.2) is 0 Å². The number of carbonyl (C=O) groups is 1. The molecule has 1 heterocycles. The molecule has 1 atom stereocenters. The topological polar surface area (TPSA) is 20.3 Å². The third kappa shape index (κ3) is 3.22. The molecule has 1 amide bonds. The zero-order valence-corrected chi connectivity index (χ0v) is 10.8. The van der Waals surface area contributed by atoms with Gasteiger partial charge >= 0.3 is 0 Å². The van der Waals surface area contributed by atoms with Crippen LogP contribution in [0.3, 0.4) is 0 Å². The first-order valence-electron chi connectivity index (χ1n) is 6.75. The molecule has 1 aliphatic heterocycles. The predicted octanol–water partition coefficient (Wildman–Crippen LogP) is 3.39. The first kappa shape index (κ1) is 12.9. The highest BCUT2D eigenvalue weighted by molar-refractivity contribution is 5.80. The molecule has 2 heteroatoms. The van der Waals surface area contributed by atoms with E-state index in [1.165, 1.54) is 5.56 Å². The average molecular weight is 243 g/mol. The van der Waals surface area contributed by atoms with Gasteiger partial charge in [-0.05, 0) is 31.2 Å². The van der Waals surface area contributed by atoms with Gasteiger partial charge in [-0.15, -0.1) is 6.58 Å². The molecule has 1 unspecified atom stereocenters. The molecule has 0 saturated carbocycles. The summed E-state index contributed by atoms with van der Waals surface area (Å²) in [6, 6.07) is 10.2. The molecule has 0 spiro atoms. The summed E-state index contributed by atoms with van der Waals surface area (Å²) in [5.41, 5.74) is 1.22. The van der Waals surface area contributed by atoms with E-state index in [4.69, 9.17) is 0 Å². The maximum absolute atomic E-state index is 12.2. The van der Waals surface area contributed by atoms with Crippen LogP contribution >= 0.6 is 0 Å². The number of benzene rings is 1. The number of hydrogen-bond donors (Lipinski definition) is 0. The molecule has 1 fully saturated rings. The predicted molar refractivity (Wildman–Crippen MR) is 74.0 cm³/mol. The molecule has 0 aromatic heterocycles. The molecular weight excluding hydrogens is 222 g/mol. The fourth-order valence-electron chi connectivity index (χ4n) is 2.54. The first-order valence-corrected chi connectivity index (χ1v) is 6.75. The maximum Gasteiger partial charge on any atom is 0.226 e. The number of amides is 1. The number of nitrogens with zero attached hydrogens (tertiary/aromatic N) is 1. The van der Waals surface area contributed by atoms with Crippen molar-refractivity contribution in [2.45, 2.75) is 32.2 Å². The lowest BCUT2D eigenvalue weighted by atomic mass is 10.0. The molecule has 0 bridgehead atoms. The third-order valence-electron chi connectivity index (χ3n) is 3.59. The van der Waals surface area contributed by atoms with Gasteiger partial charge in [-0.1, -0.05) is 36.4 Å². The van der Waals surface area contributed by atoms with E-state index in [9.17, 15) is 4.79 Å². The Labute approximate surface area is 109 Å². The molecule has 96 valence electrons. The highest BCUT2D eigenvalue weighted by atomic mass is 16.2. The highest BCUT2D eigenvalue weighted by Gasteiger charge is 2.30. The van der Waals surface area contributed by atoms with Crippen LogP contribution in [0, 0.1) is 5.92 Å². The van der Waals surface area contributed by atoms with E-state index in [-0.39, 0.29) is 5.92 Å². The Morgan fingerprint density at radius 1 is 1.33 bits per heavy atom. The molecule has 1 aromatic rings. The zero-order valence-electron chi connectivity index (χ0n) is 10.8. The minimum atomic E-state index is 0.244. The molecule has 2 rings (SSSR count). The van der Waals surface area contributed by atoms with Crippen LogP contribution in [0.4, 0.5) is 0 Å². The second-order valence-electron chi connectivity index (χ2n) is 4.95. The van der Waals surface area contributed by atoms with E-state index in [1.54, 1.807) is 0 Å². The smallest absolute Gasteiger partial charge is 0.226 e. The first-order chi connectivity index (χ1) is 8.81. The van der Waals surface area contributed by atoms with Gasteiger partial charge in [0, 0.05) is 19.0 Å². The normalized spacial score (nSPS) is 19.2. The molecule has 1 aliphatic rings. The lowest BCUT2D eigenvalue weighted by Gasteiger charge is -2.16. The van der Waals surface area contributed by atoms with Crippen molar-refractivity contribution >= 4 is 5.91 Å². The van der Waals surface area contributed by atoms with Crippen molar-refractivity contribution in [3.05, 3.63) is 48.6 Å². The van der Waals surface area contributed by atoms with Crippen LogP contribution in [0.5, 0.6) is 0 Å². The Kier molecular flexibility index (Phi) is 4.57. The summed E-state index contributed by atoms with van der Waals surface area (Å²) in [6.45, 7) is 5.39. The molecule has 1 saturated heterocycles. The molecule has 1 aromatic carbocycles. The van der Waals surface area contributed by atoms with Gasteiger partial charge in [-0.3, -0.25) is 4.79 Å². The van der Waals surface area contributed by atoms with Crippen molar-refractivity contribution in [1.82, 2.24) is 4.90 Å². The summed E-state index contributed by atoms with van der Waals surface area (Å²) in [5, 5.41) is 0. The monoisotopic (exact) mass is 243 g/mol. The number of hydrogen-bond acceptors (Lipinski definition) is 1. The Bertz CT molecular complexity index is 399. The van der Waals surface area contributed by atoms with Crippen molar-refractivity contribution in [3.63, 3.8) is 0 Å². The number of allylic oxidation sites excluding steroid dienone is 1. The summed E-state index contributed by atoms with van der Waals surface area (Å²) < 4.78 is 0. The van der Waals surface area contributed by atoms with E-state index in [2.05, 4.69) is 18.7 Å². The quantitative estimate of drug-likeness (QED) is 0.554. The minimum absolute atomic E-state index is 0.244. The minimum Gasteiger partial charge on any atom is -0.338 e. The average Bonchev–Trinajstić information content (AvgIpc) is 2.73. The fraction of sp³-hybridized carbons (Fsp3) is 0.438. The van der Waals surface area contributed by atoms with Gasteiger partial charge in [0.25, 0.3) is 0 Å². The van der Waals surface area contributed by atoms with Crippen LogP contribution in [0.2, 0.25) is 0 Å². The molecule has 0 radical (unpaired) electrons. The second kappa shape index (κ2) is 6.39. The van der Waals surface area contributed by atoms with Crippen molar-refractivity contribution in [2.75, 3.05) is 6.54 Å². The van der Waals surface area contributed by atoms with Gasteiger partial charge in [0.05, 0.1) is 0 Å². The summed E-state index contributed by atoms with van der Waals surface area (Å²) in [6.07, 6.45) is 6.06. The van der Waals surface area contributed by atoms with Crippen LogP contribution in [0.1, 0.15) is 31.2 Å². The van der Waals surface area contributed by atoms with Gasteiger partial charge in [-0.2, -0.15) is 0 Å². The standard InChI is InChI=1S/C16H21NO/c1-2-3-5-10-15-11-12-17(16(15)18)13-14-8-6-4-7-9-14/h2,4,6-9,15H,1,3,5,10-13H2. The number of likely N-dealkylation sites (tertiary alicyclic amines) is 1. The van der Waals surface area contributed by atoms with Gasteiger partial charge in [0.15, 0.2) is 0 Å². The van der Waals surface area contributed by atoms with Gasteiger partial charge in [0.1, 0.15) is 0 Å². The van der Waals surface area contributed by atoms with Crippen molar-refractivity contribution < 1.29 is 4.79 Å². The van der Waals surface area contributed by atoms with E-state index in [0.717, 1.165) is 38.8 Å². The summed E-state index contributed by atoms with van der Waals surface area (Å²) in [7, 11) is 0. The Hall–Kier alpha value is -1.57. The SMILES string of the molecule is C=CCCCC1CCN(Cc2ccccc2)C1=O. The highest BCUT2D eigenvalue weighted by Crippen LogP contribution is 2.24. The van der Waals surface area contributed by atoms with Crippen LogP contribution in [0.25, 0.3) is 0 Å². The lowest BCUT2D eigenvalue weighted by molar-refractivity contribution is -0.131. The van der Waals surface area contributed by atoms with Crippen molar-refractivity contribution in [1.29, 1.82) is 0 Å². The second-order valence-corrected chi connectivity index (χ2v) is 4.95. The maximum atomic E-state index is 12.2. The van der Waals surface area contributed by atoms with E-state index < -0.39 is 0 Å². The Morgan fingerprint density at radius 3 is 2.83 bits per heavy atom. The largest absolute Gasteiger partial charge is 0.338 e. The van der Waals surface area contributed by atoms with Crippen LogP contribution < -0.4 is 0 Å². The Balaban J connectivity index is 1.85. The molecule has 18 heavy (non-hydrogen) atoms. The number of carbonyl (C=O) groups excluding carboxylic acids is 1. The van der Waals surface area contributed by atoms with E-state index in [0.29, 0.717) is 5.91 Å². The Morgan fingerprint density at radius 2 is 2.11 bits per heavy atom. The third-order valence-corrected chi connectivity index (χ3v) is 3.59. The number of rotatable bonds is 6. The zero-order chi connectivity index (χ0) is 12.8. The van der Waals surface area contributed by atoms with Crippen LogP contribution in [-0.2, 0) is 11.3 Å². The van der Waals surface area contributed by atoms with Crippen molar-refractivity contribution in [3.8, 4) is 0 Å². The number of unbranched alkanes of at least 4 members (excludes halogenated alkanes) is 1. The van der Waals surface area contributed by atoms with Gasteiger partial charge < -0.3 is 4.90 Å². The van der Waals surface area contributed by atoms with Crippen LogP contribution in [-0.4, -0.2) is 17.4 Å².